The summed E-state index contributed by atoms with van der Waals surface area (Å²) in [5, 5.41) is 0.191. The second-order valence-corrected chi connectivity index (χ2v) is 8.64. The van der Waals surface area contributed by atoms with Crippen molar-refractivity contribution in [1.82, 2.24) is 24.8 Å². The quantitative estimate of drug-likeness (QED) is 0.514. The lowest BCUT2D eigenvalue weighted by atomic mass is 10.2. The van der Waals surface area contributed by atoms with E-state index in [4.69, 9.17) is 15.2 Å². The number of alkyl halides is 3. The number of thiazole rings is 1. The number of halogens is 4. The van der Waals surface area contributed by atoms with Gasteiger partial charge in [0.2, 0.25) is 5.95 Å². The third kappa shape index (κ3) is 5.40. The Bertz CT molecular complexity index is 1240. The zero-order valence-electron chi connectivity index (χ0n) is 18.4. The fourth-order valence-electron chi connectivity index (χ4n) is 3.21. The van der Waals surface area contributed by atoms with Gasteiger partial charge in [0.15, 0.2) is 28.6 Å². The Morgan fingerprint density at radius 3 is 2.69 bits per heavy atom. The highest BCUT2D eigenvalue weighted by Gasteiger charge is 2.46. The molecule has 1 unspecified atom stereocenters. The average molecular weight is 513 g/mol. The number of anilines is 2. The molecule has 1 amide bonds. The molecule has 2 N–H and O–H groups in total. The Hall–Kier alpha value is -3.59. The van der Waals surface area contributed by atoms with Gasteiger partial charge in [0.05, 0.1) is 24.3 Å². The molecule has 10 nitrogen and oxygen atoms in total. The smallest absolute Gasteiger partial charge is 0.411 e. The molecule has 0 aliphatic carbocycles. The monoisotopic (exact) mass is 513 g/mol. The van der Waals surface area contributed by atoms with Gasteiger partial charge in [0.25, 0.3) is 5.91 Å². The number of carbonyl (C=O) groups is 1. The van der Waals surface area contributed by atoms with Crippen LogP contribution in [-0.2, 0) is 4.74 Å². The summed E-state index contributed by atoms with van der Waals surface area (Å²) in [6, 6.07) is 1.07. The van der Waals surface area contributed by atoms with Gasteiger partial charge in [-0.15, -0.1) is 0 Å². The van der Waals surface area contributed by atoms with E-state index in [-0.39, 0.29) is 41.4 Å². The maximum absolute atomic E-state index is 14.7. The van der Waals surface area contributed by atoms with Crippen LogP contribution in [0.1, 0.15) is 10.4 Å². The fourth-order valence-corrected chi connectivity index (χ4v) is 3.83. The van der Waals surface area contributed by atoms with Crippen LogP contribution >= 0.6 is 11.3 Å². The predicted molar refractivity (Wildman–Crippen MR) is 118 cm³/mol. The topological polar surface area (TPSA) is 120 Å². The Balaban J connectivity index is 1.74. The largest absolute Gasteiger partial charge is 0.421 e. The number of amides is 1. The first-order valence-electron chi connectivity index (χ1n) is 10.1. The van der Waals surface area contributed by atoms with Crippen molar-refractivity contribution in [2.75, 3.05) is 44.5 Å². The molecular formula is C20H19F4N7O3S. The van der Waals surface area contributed by atoms with Crippen LogP contribution in [0.15, 0.2) is 24.4 Å². The summed E-state index contributed by atoms with van der Waals surface area (Å²) < 4.78 is 66.1. The number of rotatable bonds is 5. The molecule has 35 heavy (non-hydrogen) atoms. The molecule has 3 aromatic rings. The van der Waals surface area contributed by atoms with E-state index < -0.39 is 36.6 Å². The minimum atomic E-state index is -4.62. The van der Waals surface area contributed by atoms with Gasteiger partial charge < -0.3 is 25.0 Å². The van der Waals surface area contributed by atoms with Crippen molar-refractivity contribution in [2.45, 2.75) is 12.2 Å². The summed E-state index contributed by atoms with van der Waals surface area (Å²) in [4.78, 5) is 30.8. The van der Waals surface area contributed by atoms with Gasteiger partial charge in [0, 0.05) is 26.2 Å². The third-order valence-corrected chi connectivity index (χ3v) is 5.72. The zero-order valence-corrected chi connectivity index (χ0v) is 19.2. The summed E-state index contributed by atoms with van der Waals surface area (Å²) in [5.41, 5.74) is 5.75. The lowest BCUT2D eigenvalue weighted by molar-refractivity contribution is -0.167. The summed E-state index contributed by atoms with van der Waals surface area (Å²) in [5.74, 6) is -2.02. The summed E-state index contributed by atoms with van der Waals surface area (Å²) in [6.07, 6.45) is -3.27. The third-order valence-electron chi connectivity index (χ3n) is 4.90. The number of hydrogen-bond donors (Lipinski definition) is 1. The van der Waals surface area contributed by atoms with Crippen molar-refractivity contribution < 1.29 is 31.8 Å². The van der Waals surface area contributed by atoms with Crippen LogP contribution < -0.4 is 15.4 Å². The molecular weight excluding hydrogens is 494 g/mol. The number of hydrogen-bond acceptors (Lipinski definition) is 10. The van der Waals surface area contributed by atoms with E-state index >= 15 is 0 Å². The minimum absolute atomic E-state index is 0.0211. The summed E-state index contributed by atoms with van der Waals surface area (Å²) >= 11 is 1.01. The van der Waals surface area contributed by atoms with E-state index in [1.165, 1.54) is 37.3 Å². The van der Waals surface area contributed by atoms with Gasteiger partial charge in [-0.05, 0) is 18.2 Å². The van der Waals surface area contributed by atoms with Crippen molar-refractivity contribution in [3.8, 4) is 22.5 Å². The highest BCUT2D eigenvalue weighted by Crippen LogP contribution is 2.33. The molecule has 0 radical (unpaired) electrons. The molecule has 15 heteroatoms. The molecule has 186 valence electrons. The van der Waals surface area contributed by atoms with Crippen molar-refractivity contribution in [3.63, 3.8) is 0 Å². The Kier molecular flexibility index (Phi) is 6.71. The van der Waals surface area contributed by atoms with Crippen molar-refractivity contribution in [3.05, 3.63) is 35.8 Å². The average Bonchev–Trinajstić information content (AvgIpc) is 3.25. The SMILES string of the molecule is CN(C)C(=O)c1ccc(Oc2nc(-c3cnc(N)s3)nc(N3CCOCC3C(F)(F)F)n2)c(F)c1. The molecule has 1 aromatic carbocycles. The highest BCUT2D eigenvalue weighted by molar-refractivity contribution is 7.18. The van der Waals surface area contributed by atoms with E-state index in [1.807, 2.05) is 0 Å². The van der Waals surface area contributed by atoms with Crippen LogP contribution in [0.4, 0.5) is 28.6 Å². The van der Waals surface area contributed by atoms with Crippen LogP contribution in [0, 0.1) is 5.82 Å². The van der Waals surface area contributed by atoms with Gasteiger partial charge >= 0.3 is 12.2 Å². The molecule has 1 aliphatic rings. The maximum atomic E-state index is 14.7. The predicted octanol–water partition coefficient (Wildman–Crippen LogP) is 2.98. The molecule has 1 aliphatic heterocycles. The van der Waals surface area contributed by atoms with E-state index in [0.717, 1.165) is 22.3 Å². The lowest BCUT2D eigenvalue weighted by Gasteiger charge is -2.36. The Morgan fingerprint density at radius 1 is 1.29 bits per heavy atom. The normalized spacial score (nSPS) is 16.3. The molecule has 1 fully saturated rings. The molecule has 1 atom stereocenters. The number of ether oxygens (including phenoxy) is 2. The molecule has 0 bridgehead atoms. The number of nitrogens with zero attached hydrogens (tertiary/aromatic N) is 6. The van der Waals surface area contributed by atoms with E-state index in [1.54, 1.807) is 0 Å². The van der Waals surface area contributed by atoms with Gasteiger partial charge in [-0.3, -0.25) is 4.79 Å². The van der Waals surface area contributed by atoms with Crippen LogP contribution in [-0.4, -0.2) is 76.8 Å². The molecule has 4 rings (SSSR count). The molecule has 0 spiro atoms. The molecule has 0 saturated carbocycles. The lowest BCUT2D eigenvalue weighted by Crippen LogP contribution is -2.54. The first-order valence-corrected chi connectivity index (χ1v) is 10.9. The Morgan fingerprint density at radius 2 is 2.06 bits per heavy atom. The Labute approximate surface area is 200 Å². The summed E-state index contributed by atoms with van der Waals surface area (Å²) in [7, 11) is 3.04. The highest BCUT2D eigenvalue weighted by atomic mass is 32.1. The number of carbonyl (C=O) groups excluding carboxylic acids is 1. The van der Waals surface area contributed by atoms with Crippen LogP contribution in [0.3, 0.4) is 0 Å². The fraction of sp³-hybridized carbons (Fsp3) is 0.350. The molecule has 3 heterocycles. The maximum Gasteiger partial charge on any atom is 0.411 e. The number of benzene rings is 1. The van der Waals surface area contributed by atoms with E-state index in [9.17, 15) is 22.4 Å². The number of aromatic nitrogens is 4. The van der Waals surface area contributed by atoms with Gasteiger partial charge in [-0.1, -0.05) is 11.3 Å². The second-order valence-electron chi connectivity index (χ2n) is 7.58. The van der Waals surface area contributed by atoms with Gasteiger partial charge in [-0.25, -0.2) is 9.37 Å². The van der Waals surface area contributed by atoms with Crippen LogP contribution in [0.2, 0.25) is 0 Å². The van der Waals surface area contributed by atoms with Crippen molar-refractivity contribution in [2.24, 2.45) is 0 Å². The minimum Gasteiger partial charge on any atom is -0.421 e. The van der Waals surface area contributed by atoms with Crippen molar-refractivity contribution in [1.29, 1.82) is 0 Å². The van der Waals surface area contributed by atoms with E-state index in [0.29, 0.717) is 4.88 Å². The van der Waals surface area contributed by atoms with Crippen molar-refractivity contribution >= 4 is 28.3 Å². The number of nitrogens with two attached hydrogens (primary N) is 1. The first-order chi connectivity index (χ1) is 16.5. The molecule has 2 aromatic heterocycles. The number of nitrogen functional groups attached to an aromatic ring is 1. The van der Waals surface area contributed by atoms with Gasteiger partial charge in [-0.2, -0.15) is 28.1 Å². The standard InChI is InChI=1S/C20H19F4N7O3S/c1-30(2)16(32)10-3-4-12(11(21)7-10)34-19-28-15(13-8-26-17(25)35-13)27-18(29-19)31-5-6-33-9-14(31)20(22,23)24/h3-4,7-8,14H,5-6,9H2,1-2H3,(H2,25,26). The first kappa shape index (κ1) is 24.5. The van der Waals surface area contributed by atoms with Crippen LogP contribution in [0.25, 0.3) is 10.7 Å². The van der Waals surface area contributed by atoms with Gasteiger partial charge in [0.1, 0.15) is 0 Å². The van der Waals surface area contributed by atoms with Crippen LogP contribution in [0.5, 0.6) is 11.8 Å². The second kappa shape index (κ2) is 9.58. The zero-order chi connectivity index (χ0) is 25.3. The van der Waals surface area contributed by atoms with E-state index in [2.05, 4.69) is 19.9 Å². The summed E-state index contributed by atoms with van der Waals surface area (Å²) in [6.45, 7) is -0.731. The number of morpholine rings is 1. The molecule has 1 saturated heterocycles.